The first-order chi connectivity index (χ1) is 15.0. The Kier molecular flexibility index (Phi) is 6.82. The van der Waals surface area contributed by atoms with Gasteiger partial charge in [0, 0.05) is 37.0 Å². The summed E-state index contributed by atoms with van der Waals surface area (Å²) in [5.41, 5.74) is 7.70. The van der Waals surface area contributed by atoms with Crippen molar-refractivity contribution in [2.45, 2.75) is 12.6 Å². The van der Waals surface area contributed by atoms with E-state index in [1.165, 1.54) is 17.7 Å². The van der Waals surface area contributed by atoms with Gasteiger partial charge in [-0.05, 0) is 35.9 Å². The molecule has 3 aromatic rings. The van der Waals surface area contributed by atoms with Gasteiger partial charge in [0.1, 0.15) is 12.1 Å². The maximum Gasteiger partial charge on any atom is 0.237 e. The maximum absolute atomic E-state index is 13.0. The fourth-order valence-electron chi connectivity index (χ4n) is 3.79. The standard InChI is InChI=1S/C22H24ClN5O2S/c1-30-13-16-11-27(8-2-3-17-5-7-20(23)31-17)12-21(29)28(16)10-15-4-6-18-19(9-15)25-14-26-22(18)24/h2-7,9,14,16H,8,10-13H2,1H3,(H2,24,25,26)/t16-/m0/s1. The highest BCUT2D eigenvalue weighted by Gasteiger charge is 2.32. The van der Waals surface area contributed by atoms with Crippen molar-refractivity contribution in [2.75, 3.05) is 39.1 Å². The number of thiophene rings is 1. The van der Waals surface area contributed by atoms with Gasteiger partial charge in [0.2, 0.25) is 5.91 Å². The van der Waals surface area contributed by atoms with Crippen LogP contribution in [0.2, 0.25) is 4.34 Å². The number of methoxy groups -OCH3 is 1. The molecule has 4 rings (SSSR count). The normalized spacial score (nSPS) is 17.8. The Morgan fingerprint density at radius 1 is 1.32 bits per heavy atom. The van der Waals surface area contributed by atoms with E-state index in [1.54, 1.807) is 7.11 Å². The van der Waals surface area contributed by atoms with Gasteiger partial charge in [-0.25, -0.2) is 9.97 Å². The van der Waals surface area contributed by atoms with Crippen molar-refractivity contribution in [1.82, 2.24) is 19.8 Å². The molecule has 0 saturated carbocycles. The third-order valence-electron chi connectivity index (χ3n) is 5.27. The second kappa shape index (κ2) is 9.74. The Hall–Kier alpha value is -2.52. The molecule has 1 aromatic carbocycles. The Bertz CT molecular complexity index is 1100. The first-order valence-electron chi connectivity index (χ1n) is 9.95. The fourth-order valence-corrected chi connectivity index (χ4v) is 4.78. The monoisotopic (exact) mass is 457 g/mol. The quantitative estimate of drug-likeness (QED) is 0.586. The average Bonchev–Trinajstić information content (AvgIpc) is 3.16. The van der Waals surface area contributed by atoms with E-state index in [4.69, 9.17) is 22.1 Å². The van der Waals surface area contributed by atoms with Crippen molar-refractivity contribution in [2.24, 2.45) is 0 Å². The number of benzene rings is 1. The third-order valence-corrected chi connectivity index (χ3v) is 6.47. The summed E-state index contributed by atoms with van der Waals surface area (Å²) in [6.07, 6.45) is 5.57. The zero-order valence-electron chi connectivity index (χ0n) is 17.2. The van der Waals surface area contributed by atoms with Crippen molar-refractivity contribution < 1.29 is 9.53 Å². The molecule has 1 atom stereocenters. The van der Waals surface area contributed by atoms with Crippen molar-refractivity contribution in [3.8, 4) is 0 Å². The molecular formula is C22H24ClN5O2S. The van der Waals surface area contributed by atoms with Crippen LogP contribution in [0.25, 0.3) is 17.0 Å². The number of hydrogen-bond acceptors (Lipinski definition) is 7. The number of carbonyl (C=O) groups excluding carboxylic acids is 1. The number of anilines is 1. The topological polar surface area (TPSA) is 84.6 Å². The molecular weight excluding hydrogens is 434 g/mol. The summed E-state index contributed by atoms with van der Waals surface area (Å²) in [4.78, 5) is 26.5. The van der Waals surface area contributed by atoms with Crippen LogP contribution in [0.5, 0.6) is 0 Å². The zero-order valence-corrected chi connectivity index (χ0v) is 18.8. The number of aromatic nitrogens is 2. The van der Waals surface area contributed by atoms with Gasteiger partial charge in [-0.2, -0.15) is 0 Å². The lowest BCUT2D eigenvalue weighted by atomic mass is 10.1. The molecule has 0 aliphatic carbocycles. The molecule has 1 aliphatic heterocycles. The lowest BCUT2D eigenvalue weighted by molar-refractivity contribution is -0.142. The van der Waals surface area contributed by atoms with Crippen LogP contribution in [0.3, 0.4) is 0 Å². The molecule has 1 saturated heterocycles. The van der Waals surface area contributed by atoms with Gasteiger partial charge in [-0.1, -0.05) is 23.7 Å². The minimum Gasteiger partial charge on any atom is -0.383 e. The molecule has 1 aliphatic rings. The summed E-state index contributed by atoms with van der Waals surface area (Å²) in [5.74, 6) is 0.541. The molecule has 2 aromatic heterocycles. The smallest absolute Gasteiger partial charge is 0.237 e. The van der Waals surface area contributed by atoms with Crippen LogP contribution >= 0.6 is 22.9 Å². The summed E-state index contributed by atoms with van der Waals surface area (Å²) in [6, 6.07) is 9.69. The molecule has 1 fully saturated rings. The molecule has 0 radical (unpaired) electrons. The van der Waals surface area contributed by atoms with Gasteiger partial charge >= 0.3 is 0 Å². The Morgan fingerprint density at radius 3 is 2.97 bits per heavy atom. The highest BCUT2D eigenvalue weighted by Crippen LogP contribution is 2.23. The molecule has 162 valence electrons. The number of fused-ring (bicyclic) bond motifs is 1. The molecule has 3 heterocycles. The minimum absolute atomic E-state index is 0.0259. The van der Waals surface area contributed by atoms with Crippen LogP contribution in [-0.4, -0.2) is 65.1 Å². The minimum atomic E-state index is -0.0259. The summed E-state index contributed by atoms with van der Waals surface area (Å²) in [7, 11) is 1.66. The van der Waals surface area contributed by atoms with Crippen LogP contribution in [0, 0.1) is 0 Å². The third kappa shape index (κ3) is 5.22. The fraction of sp³-hybridized carbons (Fsp3) is 0.318. The van der Waals surface area contributed by atoms with Crippen molar-refractivity contribution in [1.29, 1.82) is 0 Å². The Labute approximate surface area is 190 Å². The van der Waals surface area contributed by atoms with E-state index in [9.17, 15) is 4.79 Å². The van der Waals surface area contributed by atoms with Crippen LogP contribution in [0.4, 0.5) is 5.82 Å². The van der Waals surface area contributed by atoms with Crippen LogP contribution in [0.1, 0.15) is 10.4 Å². The van der Waals surface area contributed by atoms with E-state index in [1.807, 2.05) is 41.3 Å². The summed E-state index contributed by atoms with van der Waals surface area (Å²) in [6.45, 7) is 2.80. The first kappa shape index (κ1) is 21.7. The molecule has 7 nitrogen and oxygen atoms in total. The maximum atomic E-state index is 13.0. The number of amides is 1. The van der Waals surface area contributed by atoms with E-state index >= 15 is 0 Å². The number of nitrogens with two attached hydrogens (primary N) is 1. The average molecular weight is 458 g/mol. The van der Waals surface area contributed by atoms with Crippen molar-refractivity contribution in [3.05, 3.63) is 57.5 Å². The van der Waals surface area contributed by atoms with E-state index < -0.39 is 0 Å². The van der Waals surface area contributed by atoms with Crippen molar-refractivity contribution >= 4 is 51.6 Å². The number of nitrogen functional groups attached to an aromatic ring is 1. The van der Waals surface area contributed by atoms with Crippen LogP contribution < -0.4 is 5.73 Å². The van der Waals surface area contributed by atoms with E-state index in [0.717, 1.165) is 32.2 Å². The number of halogens is 1. The molecule has 0 unspecified atom stereocenters. The second-order valence-electron chi connectivity index (χ2n) is 7.48. The molecule has 31 heavy (non-hydrogen) atoms. The SMILES string of the molecule is COC[C@@H]1CN(CC=Cc2ccc(Cl)s2)CC(=O)N1Cc1ccc2c(N)ncnc2c1. The number of rotatable bonds is 7. The summed E-state index contributed by atoms with van der Waals surface area (Å²) >= 11 is 7.52. The number of nitrogens with zero attached hydrogens (tertiary/aromatic N) is 4. The second-order valence-corrected chi connectivity index (χ2v) is 9.23. The lowest BCUT2D eigenvalue weighted by Crippen LogP contribution is -2.57. The number of hydrogen-bond donors (Lipinski definition) is 1. The van der Waals surface area contributed by atoms with Crippen LogP contribution in [0.15, 0.2) is 42.7 Å². The number of ether oxygens (including phenoxy) is 1. The first-order valence-corrected chi connectivity index (χ1v) is 11.1. The van der Waals surface area contributed by atoms with E-state index in [0.29, 0.717) is 32.1 Å². The Morgan fingerprint density at radius 2 is 2.19 bits per heavy atom. The highest BCUT2D eigenvalue weighted by molar-refractivity contribution is 7.16. The van der Waals surface area contributed by atoms with E-state index in [-0.39, 0.29) is 11.9 Å². The highest BCUT2D eigenvalue weighted by atomic mass is 35.5. The molecule has 0 bridgehead atoms. The van der Waals surface area contributed by atoms with Gasteiger partial charge in [-0.3, -0.25) is 9.69 Å². The predicted octanol–water partition coefficient (Wildman–Crippen LogP) is 3.30. The van der Waals surface area contributed by atoms with E-state index in [2.05, 4.69) is 20.9 Å². The predicted molar refractivity (Wildman–Crippen MR) is 125 cm³/mol. The molecule has 2 N–H and O–H groups in total. The van der Waals surface area contributed by atoms with Gasteiger partial charge in [0.05, 0.1) is 29.0 Å². The van der Waals surface area contributed by atoms with Crippen molar-refractivity contribution in [3.63, 3.8) is 0 Å². The van der Waals surface area contributed by atoms with Gasteiger partial charge in [0.15, 0.2) is 0 Å². The molecule has 1 amide bonds. The molecule has 0 spiro atoms. The number of carbonyl (C=O) groups is 1. The van der Waals surface area contributed by atoms with Gasteiger partial charge in [-0.15, -0.1) is 11.3 Å². The largest absolute Gasteiger partial charge is 0.383 e. The lowest BCUT2D eigenvalue weighted by Gasteiger charge is -2.40. The van der Waals surface area contributed by atoms with Gasteiger partial charge in [0.25, 0.3) is 0 Å². The summed E-state index contributed by atoms with van der Waals surface area (Å²) < 4.78 is 6.19. The number of piperazine rings is 1. The van der Waals surface area contributed by atoms with Gasteiger partial charge < -0.3 is 15.4 Å². The Balaban J connectivity index is 1.44. The van der Waals surface area contributed by atoms with Crippen LogP contribution in [-0.2, 0) is 16.1 Å². The zero-order chi connectivity index (χ0) is 21.8. The summed E-state index contributed by atoms with van der Waals surface area (Å²) in [5, 5.41) is 0.814. The molecule has 9 heteroatoms.